The molecule has 0 radical (unpaired) electrons. The number of nitrogen functional groups attached to an aromatic ring is 1. The maximum atomic E-state index is 13.6. The molecule has 1 amide bonds. The fraction of sp³-hybridized carbons (Fsp3) is 0.211. The first-order chi connectivity index (χ1) is 13.0. The van der Waals surface area contributed by atoms with Gasteiger partial charge in [0.25, 0.3) is 5.56 Å². The van der Waals surface area contributed by atoms with Crippen molar-refractivity contribution >= 4 is 11.6 Å². The number of nitrogens with two attached hydrogens (primary N) is 1. The quantitative estimate of drug-likeness (QED) is 0.692. The lowest BCUT2D eigenvalue weighted by atomic mass is 10.1. The van der Waals surface area contributed by atoms with E-state index in [9.17, 15) is 14.0 Å². The molecule has 0 aliphatic rings. The highest BCUT2D eigenvalue weighted by molar-refractivity contribution is 5.79. The van der Waals surface area contributed by atoms with Gasteiger partial charge in [0, 0.05) is 6.54 Å². The number of rotatable bonds is 6. The summed E-state index contributed by atoms with van der Waals surface area (Å²) < 4.78 is 19.9. The van der Waals surface area contributed by atoms with Crippen LogP contribution in [-0.2, 0) is 11.2 Å². The molecule has 3 rings (SSSR count). The predicted octanol–water partition coefficient (Wildman–Crippen LogP) is 2.14. The van der Waals surface area contributed by atoms with Gasteiger partial charge in [-0.3, -0.25) is 9.59 Å². The fourth-order valence-electron chi connectivity index (χ4n) is 2.62. The summed E-state index contributed by atoms with van der Waals surface area (Å²) in [7, 11) is 0. The van der Waals surface area contributed by atoms with Crippen LogP contribution < -0.4 is 16.6 Å². The minimum atomic E-state index is -0.893. The molecule has 0 aliphatic carbocycles. The van der Waals surface area contributed by atoms with Crippen molar-refractivity contribution in [3.05, 3.63) is 70.5 Å². The number of furan rings is 1. The van der Waals surface area contributed by atoms with Gasteiger partial charge in [0.05, 0.1) is 6.26 Å². The van der Waals surface area contributed by atoms with Gasteiger partial charge in [0.2, 0.25) is 5.91 Å². The molecule has 7 nitrogen and oxygen atoms in total. The Kier molecular flexibility index (Phi) is 5.35. The average Bonchev–Trinajstić information content (AvgIpc) is 3.19. The van der Waals surface area contributed by atoms with Gasteiger partial charge in [-0.05, 0) is 43.2 Å². The minimum absolute atomic E-state index is 0.0394. The van der Waals surface area contributed by atoms with E-state index in [0.29, 0.717) is 23.4 Å². The molecule has 2 heterocycles. The molecule has 8 heteroatoms. The van der Waals surface area contributed by atoms with Crippen molar-refractivity contribution in [2.75, 3.05) is 12.3 Å². The van der Waals surface area contributed by atoms with E-state index in [0.717, 1.165) is 4.68 Å². The summed E-state index contributed by atoms with van der Waals surface area (Å²) in [6.07, 6.45) is 1.81. The molecule has 3 N–H and O–H groups in total. The van der Waals surface area contributed by atoms with Crippen LogP contribution in [0.3, 0.4) is 0 Å². The first kappa shape index (κ1) is 18.4. The molecule has 0 saturated heterocycles. The standard InChI is InChI=1S/C19H19FN4O3/c1-12(18(25)22-9-8-13-5-2-3-6-14(13)20)24-19(26)15(21)11-16(23-24)17-7-4-10-27-17/h2-7,10-12H,8-9,21H2,1H3,(H,22,25)/t12-/m1/s1. The lowest BCUT2D eigenvalue weighted by Crippen LogP contribution is -2.38. The van der Waals surface area contributed by atoms with E-state index in [1.54, 1.807) is 30.3 Å². The lowest BCUT2D eigenvalue weighted by molar-refractivity contribution is -0.124. The third-order valence-corrected chi connectivity index (χ3v) is 4.13. The molecular formula is C19H19FN4O3. The summed E-state index contributed by atoms with van der Waals surface area (Å²) in [6.45, 7) is 1.77. The first-order valence-corrected chi connectivity index (χ1v) is 8.41. The van der Waals surface area contributed by atoms with E-state index in [2.05, 4.69) is 10.4 Å². The van der Waals surface area contributed by atoms with Crippen molar-refractivity contribution in [2.24, 2.45) is 0 Å². The van der Waals surface area contributed by atoms with Crippen LogP contribution in [0.25, 0.3) is 11.5 Å². The molecule has 3 aromatic rings. The highest BCUT2D eigenvalue weighted by atomic mass is 19.1. The van der Waals surface area contributed by atoms with Gasteiger partial charge in [-0.15, -0.1) is 0 Å². The number of hydrogen-bond acceptors (Lipinski definition) is 5. The minimum Gasteiger partial charge on any atom is -0.463 e. The summed E-state index contributed by atoms with van der Waals surface area (Å²) >= 11 is 0. The van der Waals surface area contributed by atoms with Gasteiger partial charge in [-0.2, -0.15) is 5.10 Å². The summed E-state index contributed by atoms with van der Waals surface area (Å²) in [5.74, 6) is -0.309. The topological polar surface area (TPSA) is 103 Å². The summed E-state index contributed by atoms with van der Waals surface area (Å²) in [5.41, 5.74) is 6.02. The first-order valence-electron chi connectivity index (χ1n) is 8.41. The summed E-state index contributed by atoms with van der Waals surface area (Å²) in [5, 5.41) is 6.87. The van der Waals surface area contributed by atoms with Crippen molar-refractivity contribution in [1.29, 1.82) is 0 Å². The number of carbonyl (C=O) groups is 1. The van der Waals surface area contributed by atoms with Crippen molar-refractivity contribution < 1.29 is 13.6 Å². The molecule has 0 saturated carbocycles. The highest BCUT2D eigenvalue weighted by Crippen LogP contribution is 2.18. The van der Waals surface area contributed by atoms with E-state index < -0.39 is 17.5 Å². The fourth-order valence-corrected chi connectivity index (χ4v) is 2.62. The largest absolute Gasteiger partial charge is 0.463 e. The van der Waals surface area contributed by atoms with Crippen LogP contribution in [0.4, 0.5) is 10.1 Å². The number of hydrogen-bond donors (Lipinski definition) is 2. The van der Waals surface area contributed by atoms with Gasteiger partial charge >= 0.3 is 0 Å². The zero-order valence-electron chi connectivity index (χ0n) is 14.7. The van der Waals surface area contributed by atoms with Crippen LogP contribution in [0.5, 0.6) is 0 Å². The molecule has 1 aromatic carbocycles. The number of anilines is 1. The highest BCUT2D eigenvalue weighted by Gasteiger charge is 2.20. The average molecular weight is 370 g/mol. The van der Waals surface area contributed by atoms with Crippen molar-refractivity contribution in [2.45, 2.75) is 19.4 Å². The van der Waals surface area contributed by atoms with Crippen LogP contribution >= 0.6 is 0 Å². The summed E-state index contributed by atoms with van der Waals surface area (Å²) in [4.78, 5) is 24.7. The molecular weight excluding hydrogens is 351 g/mol. The molecule has 0 fully saturated rings. The molecule has 2 aromatic heterocycles. The predicted molar refractivity (Wildman–Crippen MR) is 98.4 cm³/mol. The normalized spacial score (nSPS) is 11.9. The van der Waals surface area contributed by atoms with Gasteiger partial charge in [-0.25, -0.2) is 9.07 Å². The number of amides is 1. The van der Waals surface area contributed by atoms with E-state index in [1.807, 2.05) is 0 Å². The monoisotopic (exact) mass is 370 g/mol. The number of aromatic nitrogens is 2. The number of nitrogens with one attached hydrogen (secondary N) is 1. The Bertz CT molecular complexity index is 998. The van der Waals surface area contributed by atoms with Crippen molar-refractivity contribution in [3.63, 3.8) is 0 Å². The van der Waals surface area contributed by atoms with Crippen LogP contribution in [0.1, 0.15) is 18.5 Å². The third kappa shape index (κ3) is 4.05. The van der Waals surface area contributed by atoms with E-state index in [-0.39, 0.29) is 18.0 Å². The van der Waals surface area contributed by atoms with E-state index >= 15 is 0 Å². The Morgan fingerprint density at radius 3 is 2.81 bits per heavy atom. The van der Waals surface area contributed by atoms with Crippen LogP contribution in [0.15, 0.2) is 57.9 Å². The maximum Gasteiger partial charge on any atom is 0.290 e. The number of nitrogens with zero attached hydrogens (tertiary/aromatic N) is 2. The molecule has 1 atom stereocenters. The second-order valence-electron chi connectivity index (χ2n) is 6.02. The Hall–Kier alpha value is -3.42. The molecule has 140 valence electrons. The molecule has 0 aliphatic heterocycles. The third-order valence-electron chi connectivity index (χ3n) is 4.13. The zero-order chi connectivity index (χ0) is 19.4. The molecule has 0 bridgehead atoms. The van der Waals surface area contributed by atoms with Crippen molar-refractivity contribution in [3.8, 4) is 11.5 Å². The maximum absolute atomic E-state index is 13.6. The van der Waals surface area contributed by atoms with Gasteiger partial charge < -0.3 is 15.5 Å². The van der Waals surface area contributed by atoms with Crippen LogP contribution in [-0.4, -0.2) is 22.2 Å². The summed E-state index contributed by atoms with van der Waals surface area (Å²) in [6, 6.07) is 10.2. The number of halogens is 1. The van der Waals surface area contributed by atoms with Crippen LogP contribution in [0.2, 0.25) is 0 Å². The Balaban J connectivity index is 1.73. The van der Waals surface area contributed by atoms with Gasteiger partial charge in [0.15, 0.2) is 5.76 Å². The Morgan fingerprint density at radius 1 is 1.33 bits per heavy atom. The molecule has 27 heavy (non-hydrogen) atoms. The molecule has 0 unspecified atom stereocenters. The van der Waals surface area contributed by atoms with Gasteiger partial charge in [0.1, 0.15) is 23.2 Å². The van der Waals surface area contributed by atoms with Gasteiger partial charge in [-0.1, -0.05) is 18.2 Å². The second kappa shape index (κ2) is 7.86. The Morgan fingerprint density at radius 2 is 2.11 bits per heavy atom. The Labute approximate surface area is 154 Å². The van der Waals surface area contributed by atoms with Crippen LogP contribution in [0, 0.1) is 5.82 Å². The number of benzene rings is 1. The van der Waals surface area contributed by atoms with E-state index in [4.69, 9.17) is 10.2 Å². The zero-order valence-corrected chi connectivity index (χ0v) is 14.7. The SMILES string of the molecule is C[C@H](C(=O)NCCc1ccccc1F)n1nc(-c2ccco2)cc(N)c1=O. The second-order valence-corrected chi connectivity index (χ2v) is 6.02. The van der Waals surface area contributed by atoms with E-state index in [1.165, 1.54) is 25.3 Å². The molecule has 0 spiro atoms. The smallest absolute Gasteiger partial charge is 0.290 e. The lowest BCUT2D eigenvalue weighted by Gasteiger charge is -2.15. The van der Waals surface area contributed by atoms with Crippen molar-refractivity contribution in [1.82, 2.24) is 15.1 Å². The number of carbonyl (C=O) groups excluding carboxylic acids is 1.